The normalized spacial score (nSPS) is 11.1. The summed E-state index contributed by atoms with van der Waals surface area (Å²) in [6.45, 7) is 7.16. The molecule has 1 rings (SSSR count). The molecule has 15 heavy (non-hydrogen) atoms. The SMILES string of the molecule is CC[N+](CC)(Nc1ccccc1)C(C)=O. The molecular formula is C12H19N2O+. The summed E-state index contributed by atoms with van der Waals surface area (Å²) in [5.74, 6) is 0.142. The van der Waals surface area contributed by atoms with Gasteiger partial charge in [-0.3, -0.25) is 0 Å². The molecule has 0 saturated heterocycles. The third-order valence-electron chi connectivity index (χ3n) is 2.80. The lowest BCUT2D eigenvalue weighted by Crippen LogP contribution is -2.55. The summed E-state index contributed by atoms with van der Waals surface area (Å²) in [4.78, 5) is 11.6. The number of quaternary nitrogens is 1. The zero-order valence-corrected chi connectivity index (χ0v) is 9.66. The standard InChI is InChI=1S/C12H19N2O/c1-4-14(5-2,11(3)15)13-12-9-7-6-8-10-12/h6-10,13H,4-5H2,1-3H3/q+1. The second-order valence-electron chi connectivity index (χ2n) is 3.60. The van der Waals surface area contributed by atoms with E-state index in [0.29, 0.717) is 4.59 Å². The van der Waals surface area contributed by atoms with E-state index in [4.69, 9.17) is 0 Å². The van der Waals surface area contributed by atoms with Crippen LogP contribution in [-0.4, -0.2) is 23.6 Å². The van der Waals surface area contributed by atoms with Crippen LogP contribution < -0.4 is 5.43 Å². The van der Waals surface area contributed by atoms with Crippen LogP contribution in [0.1, 0.15) is 20.8 Å². The molecule has 82 valence electrons. The van der Waals surface area contributed by atoms with E-state index in [1.807, 2.05) is 44.2 Å². The second kappa shape index (κ2) is 4.94. The van der Waals surface area contributed by atoms with Crippen molar-refractivity contribution in [3.05, 3.63) is 30.3 Å². The molecule has 0 atom stereocenters. The highest BCUT2D eigenvalue weighted by Gasteiger charge is 2.29. The Morgan fingerprint density at radius 1 is 1.20 bits per heavy atom. The lowest BCUT2D eigenvalue weighted by Gasteiger charge is -2.32. The molecule has 0 aliphatic heterocycles. The molecule has 0 fully saturated rings. The Bertz CT molecular complexity index is 318. The quantitative estimate of drug-likeness (QED) is 0.607. The molecule has 0 unspecified atom stereocenters. The van der Waals surface area contributed by atoms with Crippen molar-refractivity contribution in [3.63, 3.8) is 0 Å². The summed E-state index contributed by atoms with van der Waals surface area (Å²) >= 11 is 0. The number of carbonyl (C=O) groups is 1. The number of rotatable bonds is 4. The molecule has 3 nitrogen and oxygen atoms in total. The van der Waals surface area contributed by atoms with E-state index in [9.17, 15) is 4.79 Å². The largest absolute Gasteiger partial charge is 0.334 e. The van der Waals surface area contributed by atoms with Gasteiger partial charge < -0.3 is 0 Å². The fraction of sp³-hybridized carbons (Fsp3) is 0.417. The molecule has 0 aromatic heterocycles. The molecule has 1 aromatic rings. The Kier molecular flexibility index (Phi) is 3.86. The van der Waals surface area contributed by atoms with Gasteiger partial charge in [-0.05, 0) is 26.0 Å². The number of hydrogen-bond acceptors (Lipinski definition) is 2. The molecule has 0 bridgehead atoms. The minimum atomic E-state index is 0.142. The van der Waals surface area contributed by atoms with Gasteiger partial charge in [0.25, 0.3) is 0 Å². The van der Waals surface area contributed by atoms with Crippen LogP contribution >= 0.6 is 0 Å². The van der Waals surface area contributed by atoms with Gasteiger partial charge in [-0.15, -0.1) is 0 Å². The molecule has 0 saturated carbocycles. The zero-order chi connectivity index (χ0) is 11.3. The summed E-state index contributed by atoms with van der Waals surface area (Å²) < 4.78 is 0.296. The van der Waals surface area contributed by atoms with Gasteiger partial charge in [-0.2, -0.15) is 4.59 Å². The van der Waals surface area contributed by atoms with Crippen LogP contribution in [0, 0.1) is 0 Å². The molecule has 0 radical (unpaired) electrons. The third kappa shape index (κ3) is 2.57. The lowest BCUT2D eigenvalue weighted by atomic mass is 10.3. The zero-order valence-electron chi connectivity index (χ0n) is 9.66. The first kappa shape index (κ1) is 11.7. The highest BCUT2D eigenvalue weighted by molar-refractivity contribution is 5.67. The summed E-state index contributed by atoms with van der Waals surface area (Å²) in [7, 11) is 0. The minimum Gasteiger partial charge on any atom is -0.229 e. The predicted octanol–water partition coefficient (Wildman–Crippen LogP) is 2.42. The van der Waals surface area contributed by atoms with E-state index in [1.54, 1.807) is 6.92 Å². The summed E-state index contributed by atoms with van der Waals surface area (Å²) in [6.07, 6.45) is 0. The van der Waals surface area contributed by atoms with Gasteiger partial charge in [0.1, 0.15) is 13.1 Å². The van der Waals surface area contributed by atoms with Gasteiger partial charge in [0.2, 0.25) is 0 Å². The van der Waals surface area contributed by atoms with Crippen molar-refractivity contribution in [2.75, 3.05) is 18.5 Å². The van der Waals surface area contributed by atoms with Crippen LogP contribution in [0.4, 0.5) is 5.69 Å². The number of benzene rings is 1. The highest BCUT2D eigenvalue weighted by atomic mass is 16.2. The number of nitrogens with one attached hydrogen (secondary N) is 1. The van der Waals surface area contributed by atoms with E-state index >= 15 is 0 Å². The maximum atomic E-state index is 11.6. The Morgan fingerprint density at radius 2 is 1.73 bits per heavy atom. The number of amides is 1. The Hall–Kier alpha value is -1.35. The van der Waals surface area contributed by atoms with Gasteiger partial charge in [0, 0.05) is 0 Å². The summed E-state index contributed by atoms with van der Waals surface area (Å²) in [5, 5.41) is 0. The van der Waals surface area contributed by atoms with Crippen molar-refractivity contribution in [2.24, 2.45) is 0 Å². The summed E-state index contributed by atoms with van der Waals surface area (Å²) in [6, 6.07) is 9.83. The van der Waals surface area contributed by atoms with Crippen LogP contribution in [0.15, 0.2) is 30.3 Å². The Balaban J connectivity index is 2.89. The van der Waals surface area contributed by atoms with Crippen LogP contribution in [0.2, 0.25) is 0 Å². The first-order valence-electron chi connectivity index (χ1n) is 5.36. The Labute approximate surface area is 91.3 Å². The minimum absolute atomic E-state index is 0.142. The van der Waals surface area contributed by atoms with E-state index in [1.165, 1.54) is 0 Å². The van der Waals surface area contributed by atoms with Crippen molar-refractivity contribution >= 4 is 11.6 Å². The maximum absolute atomic E-state index is 11.6. The fourth-order valence-corrected chi connectivity index (χ4v) is 1.67. The third-order valence-corrected chi connectivity index (χ3v) is 2.80. The maximum Gasteiger partial charge on any atom is 0.334 e. The molecule has 0 spiro atoms. The molecule has 0 aliphatic carbocycles. The van der Waals surface area contributed by atoms with Crippen molar-refractivity contribution in [2.45, 2.75) is 20.8 Å². The molecule has 1 aromatic carbocycles. The van der Waals surface area contributed by atoms with Gasteiger partial charge >= 0.3 is 5.91 Å². The smallest absolute Gasteiger partial charge is 0.229 e. The average molecular weight is 207 g/mol. The van der Waals surface area contributed by atoms with Crippen molar-refractivity contribution in [1.82, 2.24) is 0 Å². The summed E-state index contributed by atoms with van der Waals surface area (Å²) in [5.41, 5.74) is 4.26. The van der Waals surface area contributed by atoms with Gasteiger partial charge in [0.15, 0.2) is 0 Å². The first-order valence-corrected chi connectivity index (χ1v) is 5.36. The second-order valence-corrected chi connectivity index (χ2v) is 3.60. The van der Waals surface area contributed by atoms with E-state index in [-0.39, 0.29) is 5.91 Å². The van der Waals surface area contributed by atoms with E-state index in [0.717, 1.165) is 18.8 Å². The van der Waals surface area contributed by atoms with Crippen LogP contribution in [-0.2, 0) is 4.79 Å². The molecule has 1 N–H and O–H groups in total. The van der Waals surface area contributed by atoms with Crippen LogP contribution in [0.25, 0.3) is 0 Å². The topological polar surface area (TPSA) is 29.1 Å². The Morgan fingerprint density at radius 3 is 2.13 bits per heavy atom. The molecule has 0 heterocycles. The first-order chi connectivity index (χ1) is 7.14. The fourth-order valence-electron chi connectivity index (χ4n) is 1.67. The lowest BCUT2D eigenvalue weighted by molar-refractivity contribution is -0.828. The number of para-hydroxylation sites is 1. The number of anilines is 1. The average Bonchev–Trinajstić information content (AvgIpc) is 2.27. The number of hydrogen-bond donors (Lipinski definition) is 1. The van der Waals surface area contributed by atoms with Crippen molar-refractivity contribution < 1.29 is 9.39 Å². The molecule has 3 heteroatoms. The van der Waals surface area contributed by atoms with E-state index < -0.39 is 0 Å². The molecule has 1 amide bonds. The van der Waals surface area contributed by atoms with Crippen molar-refractivity contribution in [3.8, 4) is 0 Å². The van der Waals surface area contributed by atoms with Gasteiger partial charge in [-0.25, -0.2) is 10.2 Å². The number of carbonyl (C=O) groups excluding carboxylic acids is 1. The molecule has 0 aliphatic rings. The molecular weight excluding hydrogens is 188 g/mol. The van der Waals surface area contributed by atoms with Gasteiger partial charge in [0.05, 0.1) is 12.6 Å². The predicted molar refractivity (Wildman–Crippen MR) is 62.1 cm³/mol. The monoisotopic (exact) mass is 207 g/mol. The van der Waals surface area contributed by atoms with Crippen molar-refractivity contribution in [1.29, 1.82) is 0 Å². The number of nitrogens with zero attached hydrogens (tertiary/aromatic N) is 1. The van der Waals surface area contributed by atoms with Crippen LogP contribution in [0.5, 0.6) is 0 Å². The highest BCUT2D eigenvalue weighted by Crippen LogP contribution is 2.13. The van der Waals surface area contributed by atoms with E-state index in [2.05, 4.69) is 5.43 Å². The van der Waals surface area contributed by atoms with Gasteiger partial charge in [-0.1, -0.05) is 18.2 Å². The van der Waals surface area contributed by atoms with Crippen LogP contribution in [0.3, 0.4) is 0 Å².